The van der Waals surface area contributed by atoms with Gasteiger partial charge in [-0.1, -0.05) is 12.1 Å². The van der Waals surface area contributed by atoms with E-state index in [2.05, 4.69) is 4.98 Å². The number of ether oxygens (including phenoxy) is 2. The van der Waals surface area contributed by atoms with Crippen molar-refractivity contribution in [3.05, 3.63) is 58.0 Å². The summed E-state index contributed by atoms with van der Waals surface area (Å²) in [5, 5.41) is 0. The first-order valence-electron chi connectivity index (χ1n) is 5.76. The van der Waals surface area contributed by atoms with Crippen molar-refractivity contribution in [1.82, 2.24) is 4.98 Å². The van der Waals surface area contributed by atoms with Gasteiger partial charge in [-0.2, -0.15) is 0 Å². The molecule has 0 aliphatic rings. The van der Waals surface area contributed by atoms with E-state index in [9.17, 15) is 4.79 Å². The molecule has 19 heavy (non-hydrogen) atoms. The topological polar surface area (TPSA) is 51.3 Å². The Balaban J connectivity index is 2.03. The standard InChI is InChI=1S/C14H14ClNO3/c1-18-12-4-2-10(3-5-12)9-19-14-8-16-11(7-15)6-13(14)17/h2-6,8H,7,9H2,1H3,(H,16,17). The summed E-state index contributed by atoms with van der Waals surface area (Å²) >= 11 is 5.63. The number of alkyl halides is 1. The SMILES string of the molecule is COc1ccc(COc2c[nH]c(CCl)cc2=O)cc1. The van der Waals surface area contributed by atoms with Gasteiger partial charge in [0.15, 0.2) is 5.75 Å². The molecule has 2 rings (SSSR count). The Labute approximate surface area is 115 Å². The number of hydrogen-bond donors (Lipinski definition) is 1. The number of hydrogen-bond acceptors (Lipinski definition) is 3. The van der Waals surface area contributed by atoms with Gasteiger partial charge >= 0.3 is 0 Å². The van der Waals surface area contributed by atoms with Crippen LogP contribution in [0.2, 0.25) is 0 Å². The van der Waals surface area contributed by atoms with Crippen molar-refractivity contribution in [3.8, 4) is 11.5 Å². The van der Waals surface area contributed by atoms with Crippen LogP contribution in [0.3, 0.4) is 0 Å². The minimum Gasteiger partial charge on any atom is -0.497 e. The lowest BCUT2D eigenvalue weighted by Gasteiger charge is -2.07. The predicted octanol–water partition coefficient (Wildman–Crippen LogP) is 2.70. The Hall–Kier alpha value is -1.94. The largest absolute Gasteiger partial charge is 0.497 e. The van der Waals surface area contributed by atoms with E-state index in [0.717, 1.165) is 11.3 Å². The van der Waals surface area contributed by atoms with Gasteiger partial charge in [0.25, 0.3) is 0 Å². The van der Waals surface area contributed by atoms with E-state index in [-0.39, 0.29) is 17.1 Å². The maximum Gasteiger partial charge on any atom is 0.223 e. The second-order valence-electron chi connectivity index (χ2n) is 3.96. The quantitative estimate of drug-likeness (QED) is 0.856. The molecule has 1 aromatic carbocycles. The average molecular weight is 280 g/mol. The van der Waals surface area contributed by atoms with Gasteiger partial charge in [0, 0.05) is 18.0 Å². The van der Waals surface area contributed by atoms with Crippen molar-refractivity contribution in [1.29, 1.82) is 0 Å². The summed E-state index contributed by atoms with van der Waals surface area (Å²) < 4.78 is 10.5. The second kappa shape index (κ2) is 6.29. The van der Waals surface area contributed by atoms with E-state index in [1.807, 2.05) is 24.3 Å². The number of halogens is 1. The Morgan fingerprint density at radius 2 is 2.00 bits per heavy atom. The number of H-pyrrole nitrogens is 1. The fraction of sp³-hybridized carbons (Fsp3) is 0.214. The number of aromatic amines is 1. The van der Waals surface area contributed by atoms with Crippen LogP contribution in [-0.4, -0.2) is 12.1 Å². The highest BCUT2D eigenvalue weighted by molar-refractivity contribution is 6.16. The maximum absolute atomic E-state index is 11.7. The van der Waals surface area contributed by atoms with E-state index in [1.165, 1.54) is 12.3 Å². The van der Waals surface area contributed by atoms with Crippen LogP contribution >= 0.6 is 11.6 Å². The average Bonchev–Trinajstić information content (AvgIpc) is 2.46. The van der Waals surface area contributed by atoms with Crippen LogP contribution in [0.25, 0.3) is 0 Å². The van der Waals surface area contributed by atoms with Gasteiger partial charge in [0.1, 0.15) is 12.4 Å². The first-order chi connectivity index (χ1) is 9.22. The first kappa shape index (κ1) is 13.5. The third-order valence-electron chi connectivity index (χ3n) is 2.63. The van der Waals surface area contributed by atoms with E-state index in [0.29, 0.717) is 12.3 Å². The molecule has 0 radical (unpaired) electrons. The molecule has 0 amide bonds. The van der Waals surface area contributed by atoms with Crippen LogP contribution in [-0.2, 0) is 12.5 Å². The van der Waals surface area contributed by atoms with Gasteiger partial charge in [-0.3, -0.25) is 4.79 Å². The van der Waals surface area contributed by atoms with Crippen molar-refractivity contribution < 1.29 is 9.47 Å². The first-order valence-corrected chi connectivity index (χ1v) is 6.29. The molecule has 0 unspecified atom stereocenters. The van der Waals surface area contributed by atoms with Gasteiger partial charge in [-0.15, -0.1) is 11.6 Å². The van der Waals surface area contributed by atoms with Crippen molar-refractivity contribution in [2.45, 2.75) is 12.5 Å². The van der Waals surface area contributed by atoms with Crippen LogP contribution in [0.1, 0.15) is 11.3 Å². The minimum atomic E-state index is -0.178. The zero-order chi connectivity index (χ0) is 13.7. The molecule has 1 heterocycles. The Morgan fingerprint density at radius 3 is 2.58 bits per heavy atom. The van der Waals surface area contributed by atoms with Crippen molar-refractivity contribution >= 4 is 11.6 Å². The predicted molar refractivity (Wildman–Crippen MR) is 73.9 cm³/mol. The molecule has 1 aromatic heterocycles. The molecule has 100 valence electrons. The Bertz CT molecular complexity index is 592. The summed E-state index contributed by atoms with van der Waals surface area (Å²) in [4.78, 5) is 14.6. The van der Waals surface area contributed by atoms with Crippen LogP contribution in [0.4, 0.5) is 0 Å². The van der Waals surface area contributed by atoms with Crippen LogP contribution in [0, 0.1) is 0 Å². The minimum absolute atomic E-state index is 0.178. The lowest BCUT2D eigenvalue weighted by Crippen LogP contribution is -2.09. The molecule has 0 atom stereocenters. The van der Waals surface area contributed by atoms with E-state index < -0.39 is 0 Å². The van der Waals surface area contributed by atoms with Crippen molar-refractivity contribution in [2.75, 3.05) is 7.11 Å². The number of rotatable bonds is 5. The summed E-state index contributed by atoms with van der Waals surface area (Å²) in [7, 11) is 1.61. The third kappa shape index (κ3) is 3.51. The monoisotopic (exact) mass is 279 g/mol. The fourth-order valence-electron chi connectivity index (χ4n) is 1.57. The summed E-state index contributed by atoms with van der Waals surface area (Å²) in [6.45, 7) is 0.327. The van der Waals surface area contributed by atoms with Gasteiger partial charge in [-0.05, 0) is 17.7 Å². The molecular weight excluding hydrogens is 266 g/mol. The number of aromatic nitrogens is 1. The molecule has 1 N–H and O–H groups in total. The Kier molecular flexibility index (Phi) is 4.47. The van der Waals surface area contributed by atoms with Crippen molar-refractivity contribution in [3.63, 3.8) is 0 Å². The second-order valence-corrected chi connectivity index (χ2v) is 4.22. The van der Waals surface area contributed by atoms with Gasteiger partial charge in [-0.25, -0.2) is 0 Å². The molecule has 5 heteroatoms. The molecule has 0 saturated carbocycles. The molecular formula is C14H14ClNO3. The number of pyridine rings is 1. The number of benzene rings is 1. The number of nitrogens with one attached hydrogen (secondary N) is 1. The highest BCUT2D eigenvalue weighted by Crippen LogP contribution is 2.13. The zero-order valence-electron chi connectivity index (χ0n) is 10.5. The maximum atomic E-state index is 11.7. The molecule has 0 bridgehead atoms. The Morgan fingerprint density at radius 1 is 1.26 bits per heavy atom. The van der Waals surface area contributed by atoms with Crippen LogP contribution < -0.4 is 14.9 Å². The van der Waals surface area contributed by atoms with E-state index in [4.69, 9.17) is 21.1 Å². The van der Waals surface area contributed by atoms with Gasteiger partial charge in [0.05, 0.1) is 13.0 Å². The lowest BCUT2D eigenvalue weighted by atomic mass is 10.2. The molecule has 0 fully saturated rings. The smallest absolute Gasteiger partial charge is 0.223 e. The zero-order valence-corrected chi connectivity index (χ0v) is 11.2. The van der Waals surface area contributed by atoms with Gasteiger partial charge in [0.2, 0.25) is 5.43 Å². The normalized spacial score (nSPS) is 10.2. The molecule has 4 nitrogen and oxygen atoms in total. The lowest BCUT2D eigenvalue weighted by molar-refractivity contribution is 0.301. The summed E-state index contributed by atoms with van der Waals surface area (Å²) in [6, 6.07) is 8.91. The van der Waals surface area contributed by atoms with Crippen LogP contribution in [0.5, 0.6) is 11.5 Å². The highest BCUT2D eigenvalue weighted by atomic mass is 35.5. The van der Waals surface area contributed by atoms with Crippen molar-refractivity contribution in [2.24, 2.45) is 0 Å². The fourth-order valence-corrected chi connectivity index (χ4v) is 1.73. The molecule has 0 spiro atoms. The summed E-state index contributed by atoms with van der Waals surface area (Å²) in [5.74, 6) is 1.34. The number of methoxy groups -OCH3 is 1. The molecule has 0 saturated heterocycles. The molecule has 0 aliphatic heterocycles. The van der Waals surface area contributed by atoms with E-state index >= 15 is 0 Å². The molecule has 2 aromatic rings. The summed E-state index contributed by atoms with van der Waals surface area (Å²) in [5.41, 5.74) is 1.45. The van der Waals surface area contributed by atoms with Crippen LogP contribution in [0.15, 0.2) is 41.3 Å². The molecule has 0 aliphatic carbocycles. The summed E-state index contributed by atoms with van der Waals surface area (Å²) in [6.07, 6.45) is 1.53. The van der Waals surface area contributed by atoms with Gasteiger partial charge < -0.3 is 14.5 Å². The van der Waals surface area contributed by atoms with E-state index in [1.54, 1.807) is 7.11 Å². The third-order valence-corrected chi connectivity index (χ3v) is 2.92. The highest BCUT2D eigenvalue weighted by Gasteiger charge is 2.03.